The fourth-order valence-corrected chi connectivity index (χ4v) is 22.9. The number of hydrogen-bond donors (Lipinski definition) is 0. The van der Waals surface area contributed by atoms with Crippen LogP contribution >= 0.6 is 0 Å². The van der Waals surface area contributed by atoms with Gasteiger partial charge in [-0.3, -0.25) is 0 Å². The zero-order valence-corrected chi connectivity index (χ0v) is 70.5. The van der Waals surface area contributed by atoms with Crippen LogP contribution in [0.1, 0.15) is 44.5 Å². The van der Waals surface area contributed by atoms with Crippen LogP contribution in [-0.2, 0) is 10.8 Å². The summed E-state index contributed by atoms with van der Waals surface area (Å²) in [4.78, 5) is 0. The molecule has 2 aliphatic rings. The second-order valence-corrected chi connectivity index (χ2v) is 34.9. The SMILES string of the molecule is c1ccc(C2(c3ccccc3)c3ccccc3-c3cc(-c4c5cccc(-c6ccc7oc8ccccc8c7c6)c5cc5c(-c6ccc7oc8ccccc8c7c6)cccc45)ccc32)cc1.c1ccc(C2(c3ccccc3)c3ccccc3-c3cc(-c4c5cccc(-c6cccc7oc8ccccc8c67)c5cc5c(-c6cccc7oc8ccccc8c67)cccc45)ccc32)cc1. The molecule has 4 heteroatoms. The van der Waals surface area contributed by atoms with E-state index in [4.69, 9.17) is 17.7 Å². The Morgan fingerprint density at radius 1 is 0.131 bits per heavy atom. The van der Waals surface area contributed by atoms with E-state index in [0.29, 0.717) is 0 Å². The average Bonchev–Trinajstić information content (AvgIpc) is 1.51. The summed E-state index contributed by atoms with van der Waals surface area (Å²) in [6.45, 7) is 0. The Hall–Kier alpha value is -16.9. The van der Waals surface area contributed by atoms with Gasteiger partial charge in [0.1, 0.15) is 44.7 Å². The molecule has 4 heterocycles. The molecule has 4 aromatic heterocycles. The van der Waals surface area contributed by atoms with Crippen molar-refractivity contribution in [2.24, 2.45) is 0 Å². The second kappa shape index (κ2) is 28.8. The predicted molar refractivity (Wildman–Crippen MR) is 539 cm³/mol. The van der Waals surface area contributed by atoms with Crippen molar-refractivity contribution < 1.29 is 17.7 Å². The van der Waals surface area contributed by atoms with E-state index in [1.165, 1.54) is 154 Å². The second-order valence-electron chi connectivity index (χ2n) is 34.9. The van der Waals surface area contributed by atoms with E-state index in [-0.39, 0.29) is 0 Å². The highest BCUT2D eigenvalue weighted by Crippen LogP contribution is 2.61. The Bertz CT molecular complexity index is 8760. The molecule has 0 saturated heterocycles. The lowest BCUT2D eigenvalue weighted by Crippen LogP contribution is -2.28. The lowest BCUT2D eigenvalue weighted by molar-refractivity contribution is 0.668. The summed E-state index contributed by atoms with van der Waals surface area (Å²) in [6.07, 6.45) is 0. The van der Waals surface area contributed by atoms with E-state index in [9.17, 15) is 0 Å². The van der Waals surface area contributed by atoms with Crippen LogP contribution in [0, 0.1) is 0 Å². The van der Waals surface area contributed by atoms with Crippen LogP contribution in [0.25, 0.3) is 220 Å². The van der Waals surface area contributed by atoms with Crippen molar-refractivity contribution in [2.75, 3.05) is 0 Å². The molecule has 0 bridgehead atoms. The number of hydrogen-bond acceptors (Lipinski definition) is 4. The molecule has 0 amide bonds. The van der Waals surface area contributed by atoms with Crippen LogP contribution in [0.3, 0.4) is 0 Å². The molecule has 0 atom stereocenters. The smallest absolute Gasteiger partial charge is 0.136 e. The van der Waals surface area contributed by atoms with Gasteiger partial charge in [0.15, 0.2) is 0 Å². The van der Waals surface area contributed by atoms with E-state index in [1.807, 2.05) is 24.3 Å². The predicted octanol–water partition coefficient (Wildman–Crippen LogP) is 34.3. The quantitative estimate of drug-likeness (QED) is 0.128. The van der Waals surface area contributed by atoms with E-state index in [1.54, 1.807) is 0 Å². The summed E-state index contributed by atoms with van der Waals surface area (Å²) in [5.74, 6) is 0. The minimum absolute atomic E-state index is 0.472. The van der Waals surface area contributed by atoms with Crippen LogP contribution in [0.2, 0.25) is 0 Å². The number of fused-ring (bicyclic) bond motifs is 22. The molecular weight excluding hydrogens is 1580 g/mol. The summed E-state index contributed by atoms with van der Waals surface area (Å²) in [7, 11) is 0. The molecule has 0 saturated carbocycles. The first kappa shape index (κ1) is 73.4. The van der Waals surface area contributed by atoms with Gasteiger partial charge in [0, 0.05) is 43.1 Å². The van der Waals surface area contributed by atoms with Gasteiger partial charge in [0.25, 0.3) is 0 Å². The van der Waals surface area contributed by atoms with Crippen molar-refractivity contribution in [3.8, 4) is 89.0 Å². The van der Waals surface area contributed by atoms with Crippen molar-refractivity contribution in [1.82, 2.24) is 0 Å². The highest BCUT2D eigenvalue weighted by Gasteiger charge is 2.48. The van der Waals surface area contributed by atoms with Gasteiger partial charge in [-0.05, 0) is 262 Å². The first-order chi connectivity index (χ1) is 64.5. The summed E-state index contributed by atoms with van der Waals surface area (Å²) in [6, 6.07) is 169. The molecule has 130 heavy (non-hydrogen) atoms. The largest absolute Gasteiger partial charge is 0.456 e. The molecule has 26 aromatic rings. The average molecular weight is 1650 g/mol. The van der Waals surface area contributed by atoms with Gasteiger partial charge in [0.05, 0.1) is 10.8 Å². The molecule has 2 aliphatic carbocycles. The van der Waals surface area contributed by atoms with Gasteiger partial charge in [-0.15, -0.1) is 0 Å². The third-order valence-corrected chi connectivity index (χ3v) is 28.3. The van der Waals surface area contributed by atoms with Gasteiger partial charge in [0.2, 0.25) is 0 Å². The Balaban J connectivity index is 0.000000134. The van der Waals surface area contributed by atoms with Crippen LogP contribution in [0.15, 0.2) is 479 Å². The van der Waals surface area contributed by atoms with Gasteiger partial charge < -0.3 is 17.7 Å². The summed E-state index contributed by atoms with van der Waals surface area (Å²) < 4.78 is 25.6. The third-order valence-electron chi connectivity index (χ3n) is 28.3. The summed E-state index contributed by atoms with van der Waals surface area (Å²) in [5.41, 5.74) is 35.6. The van der Waals surface area contributed by atoms with E-state index in [2.05, 4.69) is 437 Å². The van der Waals surface area contributed by atoms with E-state index < -0.39 is 10.8 Å². The summed E-state index contributed by atoms with van der Waals surface area (Å²) in [5, 5.41) is 18.6. The fraction of sp³-hybridized carbons (Fsp3) is 0.0159. The highest BCUT2D eigenvalue weighted by atomic mass is 16.3. The molecule has 4 nitrogen and oxygen atoms in total. The Labute approximate surface area is 748 Å². The molecule has 28 rings (SSSR count). The van der Waals surface area contributed by atoms with Crippen LogP contribution in [0.4, 0.5) is 0 Å². The molecule has 0 radical (unpaired) electrons. The lowest BCUT2D eigenvalue weighted by atomic mass is 9.67. The van der Waals surface area contributed by atoms with Gasteiger partial charge >= 0.3 is 0 Å². The molecule has 0 N–H and O–H groups in total. The van der Waals surface area contributed by atoms with Crippen molar-refractivity contribution in [2.45, 2.75) is 10.8 Å². The number of furan rings is 4. The molecule has 0 aliphatic heterocycles. The minimum atomic E-state index is -0.480. The normalized spacial score (nSPS) is 13.0. The monoisotopic (exact) mass is 1650 g/mol. The Morgan fingerprint density at radius 3 is 0.785 bits per heavy atom. The zero-order valence-electron chi connectivity index (χ0n) is 70.5. The molecule has 0 spiro atoms. The maximum Gasteiger partial charge on any atom is 0.136 e. The third kappa shape index (κ3) is 10.8. The Kier molecular flexibility index (Phi) is 16.3. The fourth-order valence-electron chi connectivity index (χ4n) is 22.9. The maximum absolute atomic E-state index is 6.48. The van der Waals surface area contributed by atoms with Gasteiger partial charge in [-0.1, -0.05) is 376 Å². The van der Waals surface area contributed by atoms with Crippen LogP contribution in [0.5, 0.6) is 0 Å². The summed E-state index contributed by atoms with van der Waals surface area (Å²) >= 11 is 0. The van der Waals surface area contributed by atoms with Crippen molar-refractivity contribution in [3.05, 3.63) is 506 Å². The Morgan fingerprint density at radius 2 is 0.392 bits per heavy atom. The minimum Gasteiger partial charge on any atom is -0.456 e. The van der Waals surface area contributed by atoms with Crippen molar-refractivity contribution in [1.29, 1.82) is 0 Å². The van der Waals surface area contributed by atoms with E-state index in [0.717, 1.165) is 110 Å². The van der Waals surface area contributed by atoms with Crippen LogP contribution < -0.4 is 0 Å². The molecule has 22 aromatic carbocycles. The van der Waals surface area contributed by atoms with Crippen molar-refractivity contribution >= 4 is 131 Å². The zero-order chi connectivity index (χ0) is 85.3. The first-order valence-corrected chi connectivity index (χ1v) is 44.8. The highest BCUT2D eigenvalue weighted by molar-refractivity contribution is 6.25. The number of para-hydroxylation sites is 4. The van der Waals surface area contributed by atoms with Crippen LogP contribution in [-0.4, -0.2) is 0 Å². The first-order valence-electron chi connectivity index (χ1n) is 44.8. The van der Waals surface area contributed by atoms with E-state index >= 15 is 0 Å². The number of benzene rings is 22. The van der Waals surface area contributed by atoms with Gasteiger partial charge in [-0.25, -0.2) is 0 Å². The molecule has 604 valence electrons. The molecule has 0 fully saturated rings. The van der Waals surface area contributed by atoms with Gasteiger partial charge in [-0.2, -0.15) is 0 Å². The standard InChI is InChI=1S/2C63H38O2/c1-3-17-40(18-4-1)63(41-19-5-2-6-20-41)54-30-10-7-21-44(54)53-37-39(35-36-55(53)63)60-47-26-13-24-42(45-28-15-33-58-61(45)49-22-8-11-31-56(49)64-58)51(47)38-52-43(25-14-27-48(52)60)46-29-16-34-59-62(46)50-23-9-12-32-57(50)65-59;1-3-15-42(16-4-1)63(43-17-5-2-6-18-43)56-26-10-7-19-46(56)53-37-41(29-32-57(53)63)62-49-24-13-22-44(39-30-33-60-54(35-39)47-20-8-11-27-58(47)64-60)51(49)38-52-45(23-14-25-50(52)62)40-31-34-61-55(36-40)48-21-9-12-28-59(48)65-61/h2*1-38H. The maximum atomic E-state index is 6.48. The van der Waals surface area contributed by atoms with Crippen molar-refractivity contribution in [3.63, 3.8) is 0 Å². The topological polar surface area (TPSA) is 52.6 Å². The lowest BCUT2D eigenvalue weighted by Gasteiger charge is -2.33. The molecular formula is C126H76O4. The number of rotatable bonds is 10. The molecule has 0 unspecified atom stereocenters.